The molecule has 1 saturated heterocycles. The van der Waals surface area contributed by atoms with Gasteiger partial charge in [-0.3, -0.25) is 4.79 Å². The molecule has 8 heteroatoms. The van der Waals surface area contributed by atoms with Crippen LogP contribution in [0.4, 0.5) is 10.1 Å². The number of aromatic hydroxyl groups is 1. The number of hydrogen-bond acceptors (Lipinski definition) is 4. The highest BCUT2D eigenvalue weighted by molar-refractivity contribution is 7.92. The van der Waals surface area contributed by atoms with Gasteiger partial charge in [-0.2, -0.15) is 8.42 Å². The summed E-state index contributed by atoms with van der Waals surface area (Å²) in [6, 6.07) is 2.30. The molecule has 1 aromatic carbocycles. The van der Waals surface area contributed by atoms with E-state index in [1.165, 1.54) is 6.07 Å². The van der Waals surface area contributed by atoms with Crippen LogP contribution in [-0.4, -0.2) is 26.0 Å². The molecule has 0 atom stereocenters. The molecule has 2 rings (SSSR count). The summed E-state index contributed by atoms with van der Waals surface area (Å²) in [5, 5.41) is 9.57. The molecule has 1 amide bonds. The fourth-order valence-electron chi connectivity index (χ4n) is 1.61. The number of rotatable bonds is 1. The Morgan fingerprint density at radius 2 is 2.12 bits per heavy atom. The number of aryl methyl sites for hydroxylation is 1. The molecule has 2 N–H and O–H groups in total. The Balaban J connectivity index is 2.59. The number of anilines is 1. The first-order valence-electron chi connectivity index (χ1n) is 4.63. The molecule has 1 heterocycles. The topological polar surface area (TPSA) is 86.7 Å². The predicted octanol–water partition coefficient (Wildman–Crippen LogP) is 0.0207. The Hall–Kier alpha value is -1.83. The van der Waals surface area contributed by atoms with Gasteiger partial charge in [0.15, 0.2) is 5.82 Å². The lowest BCUT2D eigenvalue weighted by atomic mass is 10.2. The van der Waals surface area contributed by atoms with E-state index in [1.54, 1.807) is 11.6 Å². The summed E-state index contributed by atoms with van der Waals surface area (Å²) in [7, 11) is -4.11. The predicted molar refractivity (Wildman–Crippen MR) is 57.2 cm³/mol. The Morgan fingerprint density at radius 3 is 2.59 bits per heavy atom. The zero-order valence-corrected chi connectivity index (χ0v) is 9.58. The molecular weight excluding hydrogens is 251 g/mol. The average Bonchev–Trinajstić information content (AvgIpc) is 2.37. The zero-order valence-electron chi connectivity index (χ0n) is 8.77. The first-order valence-corrected chi connectivity index (χ1v) is 6.07. The second-order valence-corrected chi connectivity index (χ2v) is 5.25. The molecular formula is C9H9FN2O4S. The number of benzene rings is 1. The van der Waals surface area contributed by atoms with E-state index in [4.69, 9.17) is 0 Å². The van der Waals surface area contributed by atoms with Gasteiger partial charge in [0.05, 0.1) is 0 Å². The van der Waals surface area contributed by atoms with Crippen LogP contribution in [0, 0.1) is 12.7 Å². The van der Waals surface area contributed by atoms with E-state index < -0.39 is 39.9 Å². The molecule has 17 heavy (non-hydrogen) atoms. The van der Waals surface area contributed by atoms with E-state index in [-0.39, 0.29) is 0 Å². The lowest BCUT2D eigenvalue weighted by Gasteiger charge is -2.17. The van der Waals surface area contributed by atoms with Crippen LogP contribution in [0.3, 0.4) is 0 Å². The van der Waals surface area contributed by atoms with Gasteiger partial charge in [0.25, 0.3) is 5.91 Å². The van der Waals surface area contributed by atoms with E-state index in [0.29, 0.717) is 9.87 Å². The molecule has 1 aliphatic heterocycles. The van der Waals surface area contributed by atoms with Gasteiger partial charge in [-0.15, -0.1) is 0 Å². The first kappa shape index (κ1) is 11.6. The third kappa shape index (κ3) is 1.91. The van der Waals surface area contributed by atoms with Gasteiger partial charge in [-0.05, 0) is 24.6 Å². The van der Waals surface area contributed by atoms with Gasteiger partial charge in [-0.25, -0.2) is 13.4 Å². The standard InChI is InChI=1S/C9H9FN2O4S/c1-5-2-6(10)9(7(13)3-5)12-4-8(14)11-17(12,15)16/h2-3,13H,4H2,1H3,(H,11,14). The first-order chi connectivity index (χ1) is 7.81. The summed E-state index contributed by atoms with van der Waals surface area (Å²) in [6.45, 7) is 1.00. The Bertz CT molecular complexity index is 576. The lowest BCUT2D eigenvalue weighted by Crippen LogP contribution is -2.30. The van der Waals surface area contributed by atoms with Gasteiger partial charge in [0.1, 0.15) is 18.0 Å². The molecule has 0 aliphatic carbocycles. The summed E-state index contributed by atoms with van der Waals surface area (Å²) in [4.78, 5) is 11.0. The van der Waals surface area contributed by atoms with E-state index in [2.05, 4.69) is 0 Å². The largest absolute Gasteiger partial charge is 0.506 e. The van der Waals surface area contributed by atoms with Gasteiger partial charge in [0.2, 0.25) is 0 Å². The molecule has 0 unspecified atom stereocenters. The number of hydrogen-bond donors (Lipinski definition) is 2. The fourth-order valence-corrected chi connectivity index (χ4v) is 2.78. The second-order valence-electron chi connectivity index (χ2n) is 3.65. The van der Waals surface area contributed by atoms with E-state index in [0.717, 1.165) is 6.07 Å². The van der Waals surface area contributed by atoms with Crippen LogP contribution in [0.5, 0.6) is 5.75 Å². The van der Waals surface area contributed by atoms with Crippen molar-refractivity contribution in [2.75, 3.05) is 10.8 Å². The van der Waals surface area contributed by atoms with Gasteiger partial charge < -0.3 is 5.11 Å². The number of carbonyl (C=O) groups excluding carboxylic acids is 1. The molecule has 1 fully saturated rings. The summed E-state index contributed by atoms with van der Waals surface area (Å²) >= 11 is 0. The van der Waals surface area contributed by atoms with Crippen molar-refractivity contribution in [2.24, 2.45) is 0 Å². The maximum absolute atomic E-state index is 13.6. The van der Waals surface area contributed by atoms with E-state index in [1.807, 2.05) is 0 Å². The van der Waals surface area contributed by atoms with Crippen LogP contribution >= 0.6 is 0 Å². The molecule has 1 aromatic rings. The highest BCUT2D eigenvalue weighted by Gasteiger charge is 2.37. The van der Waals surface area contributed by atoms with Gasteiger partial charge >= 0.3 is 10.2 Å². The molecule has 92 valence electrons. The minimum absolute atomic E-state index is 0.444. The number of carbonyl (C=O) groups is 1. The molecule has 0 spiro atoms. The van der Waals surface area contributed by atoms with E-state index in [9.17, 15) is 22.7 Å². The molecule has 0 radical (unpaired) electrons. The van der Waals surface area contributed by atoms with Crippen molar-refractivity contribution < 1.29 is 22.7 Å². The third-order valence-corrected chi connectivity index (χ3v) is 3.63. The Kier molecular flexibility index (Phi) is 2.46. The quantitative estimate of drug-likeness (QED) is 0.745. The van der Waals surface area contributed by atoms with Crippen molar-refractivity contribution in [3.05, 3.63) is 23.5 Å². The van der Waals surface area contributed by atoms with Crippen LogP contribution in [0.25, 0.3) is 0 Å². The van der Waals surface area contributed by atoms with Crippen LogP contribution < -0.4 is 9.03 Å². The van der Waals surface area contributed by atoms with Crippen LogP contribution in [-0.2, 0) is 15.0 Å². The number of amides is 1. The molecule has 0 aromatic heterocycles. The summed E-state index contributed by atoms with van der Waals surface area (Å²) in [5.41, 5.74) is -0.0754. The Labute approximate surface area is 96.8 Å². The summed E-state index contributed by atoms with van der Waals surface area (Å²) in [5.74, 6) is -2.20. The fraction of sp³-hybridized carbons (Fsp3) is 0.222. The molecule has 0 bridgehead atoms. The molecule has 1 aliphatic rings. The number of phenols is 1. The maximum atomic E-state index is 13.6. The molecule has 6 nitrogen and oxygen atoms in total. The normalized spacial score (nSPS) is 18.2. The average molecular weight is 260 g/mol. The van der Waals surface area contributed by atoms with Crippen LogP contribution in [0.15, 0.2) is 12.1 Å². The minimum Gasteiger partial charge on any atom is -0.506 e. The van der Waals surface area contributed by atoms with Crippen LogP contribution in [0.1, 0.15) is 5.56 Å². The highest BCUT2D eigenvalue weighted by atomic mass is 32.2. The van der Waals surface area contributed by atoms with Crippen molar-refractivity contribution in [3.8, 4) is 5.75 Å². The minimum atomic E-state index is -4.11. The maximum Gasteiger partial charge on any atom is 0.326 e. The van der Waals surface area contributed by atoms with Crippen molar-refractivity contribution in [3.63, 3.8) is 0 Å². The monoisotopic (exact) mass is 260 g/mol. The zero-order chi connectivity index (χ0) is 12.8. The Morgan fingerprint density at radius 1 is 1.47 bits per heavy atom. The van der Waals surface area contributed by atoms with Crippen molar-refractivity contribution in [1.29, 1.82) is 0 Å². The van der Waals surface area contributed by atoms with Crippen LogP contribution in [0.2, 0.25) is 0 Å². The SMILES string of the molecule is Cc1cc(O)c(N2CC(=O)NS2(=O)=O)c(F)c1. The smallest absolute Gasteiger partial charge is 0.326 e. The second kappa shape index (κ2) is 3.59. The number of nitrogens with zero attached hydrogens (tertiary/aromatic N) is 1. The van der Waals surface area contributed by atoms with Crippen molar-refractivity contribution >= 4 is 21.8 Å². The van der Waals surface area contributed by atoms with Crippen molar-refractivity contribution in [1.82, 2.24) is 4.72 Å². The summed E-state index contributed by atoms with van der Waals surface area (Å²) in [6.07, 6.45) is 0. The van der Waals surface area contributed by atoms with Gasteiger partial charge in [-0.1, -0.05) is 0 Å². The third-order valence-electron chi connectivity index (χ3n) is 2.26. The number of halogens is 1. The number of nitrogens with one attached hydrogen (secondary N) is 1. The van der Waals surface area contributed by atoms with E-state index >= 15 is 0 Å². The number of phenolic OH excluding ortho intramolecular Hbond substituents is 1. The highest BCUT2D eigenvalue weighted by Crippen LogP contribution is 2.34. The summed E-state index contributed by atoms with van der Waals surface area (Å²) < 4.78 is 38.8. The van der Waals surface area contributed by atoms with Crippen molar-refractivity contribution in [2.45, 2.75) is 6.92 Å². The lowest BCUT2D eigenvalue weighted by molar-refractivity contribution is -0.117. The molecule has 0 saturated carbocycles. The van der Waals surface area contributed by atoms with Gasteiger partial charge in [0, 0.05) is 0 Å².